The van der Waals surface area contributed by atoms with E-state index in [-0.39, 0.29) is 0 Å². The van der Waals surface area contributed by atoms with E-state index in [0.29, 0.717) is 23.7 Å². The Morgan fingerprint density at radius 3 is 2.25 bits per heavy atom. The van der Waals surface area contributed by atoms with E-state index >= 15 is 0 Å². The van der Waals surface area contributed by atoms with Gasteiger partial charge in [-0.1, -0.05) is 18.7 Å². The van der Waals surface area contributed by atoms with E-state index in [1.54, 1.807) is 49.4 Å². The largest absolute Gasteiger partial charge is 0.490 e. The average molecular weight is 403 g/mol. The fourth-order valence-corrected chi connectivity index (χ4v) is 4.08. The first-order valence-electron chi connectivity index (χ1n) is 8.84. The number of sulfonamides is 1. The summed E-state index contributed by atoms with van der Waals surface area (Å²) in [7, 11) is -3.66. The van der Waals surface area contributed by atoms with Crippen molar-refractivity contribution in [2.45, 2.75) is 26.8 Å². The number of nitrogens with zero attached hydrogens (tertiary/aromatic N) is 1. The Balaban J connectivity index is 2.23. The van der Waals surface area contributed by atoms with Gasteiger partial charge < -0.3 is 10.1 Å². The lowest BCUT2D eigenvalue weighted by atomic mass is 10.1. The van der Waals surface area contributed by atoms with Crippen LogP contribution in [0.3, 0.4) is 0 Å². The number of amides is 1. The van der Waals surface area contributed by atoms with Crippen LogP contribution in [0.15, 0.2) is 55.1 Å². The molecule has 0 aliphatic carbocycles. The van der Waals surface area contributed by atoms with Crippen LogP contribution in [0.5, 0.6) is 5.75 Å². The highest BCUT2D eigenvalue weighted by atomic mass is 32.2. The first-order valence-corrected chi connectivity index (χ1v) is 10.7. The van der Waals surface area contributed by atoms with Gasteiger partial charge in [0, 0.05) is 5.69 Å². The summed E-state index contributed by atoms with van der Waals surface area (Å²) in [5.74, 6) is 0.225. The van der Waals surface area contributed by atoms with Gasteiger partial charge in [0.25, 0.3) is 0 Å². The van der Waals surface area contributed by atoms with Crippen molar-refractivity contribution in [3.8, 4) is 5.75 Å². The topological polar surface area (TPSA) is 75.7 Å². The van der Waals surface area contributed by atoms with E-state index < -0.39 is 22.0 Å². The third-order valence-corrected chi connectivity index (χ3v) is 5.28. The highest BCUT2D eigenvalue weighted by molar-refractivity contribution is 7.92. The number of aryl methyl sites for hydroxylation is 2. The summed E-state index contributed by atoms with van der Waals surface area (Å²) in [5, 5.41) is 2.76. The zero-order valence-corrected chi connectivity index (χ0v) is 17.4. The molecule has 1 N–H and O–H groups in total. The van der Waals surface area contributed by atoms with Gasteiger partial charge in [-0.2, -0.15) is 0 Å². The lowest BCUT2D eigenvalue weighted by molar-refractivity contribution is -0.116. The smallest absolute Gasteiger partial charge is 0.247 e. The predicted octanol–water partition coefficient (Wildman–Crippen LogP) is 3.66. The number of carbonyl (C=O) groups excluding carboxylic acids is 1. The number of hydrogen-bond donors (Lipinski definition) is 1. The Kier molecular flexibility index (Phi) is 6.85. The maximum Gasteiger partial charge on any atom is 0.247 e. The van der Waals surface area contributed by atoms with Crippen molar-refractivity contribution in [1.82, 2.24) is 0 Å². The van der Waals surface area contributed by atoms with Crippen LogP contribution in [-0.4, -0.2) is 33.2 Å². The maximum absolute atomic E-state index is 12.7. The fraction of sp³-hybridized carbons (Fsp3) is 0.286. The van der Waals surface area contributed by atoms with E-state index in [0.717, 1.165) is 21.7 Å². The van der Waals surface area contributed by atoms with Gasteiger partial charge >= 0.3 is 0 Å². The Morgan fingerprint density at radius 1 is 1.18 bits per heavy atom. The van der Waals surface area contributed by atoms with Gasteiger partial charge in [0.15, 0.2) is 0 Å². The monoisotopic (exact) mass is 402 g/mol. The van der Waals surface area contributed by atoms with Crippen molar-refractivity contribution in [1.29, 1.82) is 0 Å². The zero-order valence-electron chi connectivity index (χ0n) is 16.6. The van der Waals surface area contributed by atoms with Gasteiger partial charge in [-0.05, 0) is 68.3 Å². The number of ether oxygens (including phenoxy) is 1. The third-order valence-electron chi connectivity index (χ3n) is 4.04. The molecule has 1 atom stereocenters. The minimum Gasteiger partial charge on any atom is -0.490 e. The van der Waals surface area contributed by atoms with Crippen molar-refractivity contribution in [2.24, 2.45) is 0 Å². The van der Waals surface area contributed by atoms with Crippen LogP contribution in [0.25, 0.3) is 0 Å². The lowest BCUT2D eigenvalue weighted by Gasteiger charge is -2.28. The molecule has 28 heavy (non-hydrogen) atoms. The van der Waals surface area contributed by atoms with E-state index in [1.807, 2.05) is 19.9 Å². The van der Waals surface area contributed by atoms with Crippen LogP contribution in [0.4, 0.5) is 11.4 Å². The summed E-state index contributed by atoms with van der Waals surface area (Å²) in [4.78, 5) is 12.7. The van der Waals surface area contributed by atoms with Crippen molar-refractivity contribution < 1.29 is 17.9 Å². The number of anilines is 2. The quantitative estimate of drug-likeness (QED) is 0.684. The van der Waals surface area contributed by atoms with Gasteiger partial charge in [0.05, 0.1) is 11.9 Å². The normalized spacial score (nSPS) is 12.1. The Hall–Kier alpha value is -2.80. The van der Waals surface area contributed by atoms with Crippen molar-refractivity contribution >= 4 is 27.3 Å². The average Bonchev–Trinajstić information content (AvgIpc) is 2.59. The second-order valence-electron chi connectivity index (χ2n) is 6.69. The molecule has 2 aromatic carbocycles. The molecule has 0 unspecified atom stereocenters. The predicted molar refractivity (Wildman–Crippen MR) is 113 cm³/mol. The van der Waals surface area contributed by atoms with Crippen LogP contribution in [0.1, 0.15) is 18.1 Å². The first kappa shape index (κ1) is 21.5. The molecule has 0 saturated heterocycles. The summed E-state index contributed by atoms with van der Waals surface area (Å²) >= 11 is 0. The van der Waals surface area contributed by atoms with Crippen LogP contribution >= 0.6 is 0 Å². The molecule has 0 fully saturated rings. The Morgan fingerprint density at radius 2 is 1.75 bits per heavy atom. The number of hydrogen-bond acceptors (Lipinski definition) is 4. The Labute approximate surface area is 166 Å². The number of nitrogens with one attached hydrogen (secondary N) is 1. The lowest BCUT2D eigenvalue weighted by Crippen LogP contribution is -2.45. The minimum atomic E-state index is -3.66. The van der Waals surface area contributed by atoms with Crippen LogP contribution in [0.2, 0.25) is 0 Å². The maximum atomic E-state index is 12.7. The standard InChI is InChI=1S/C21H26N2O4S/c1-6-11-27-20-9-7-18(8-10-20)22-21(24)17(4)23(28(5,25)26)19-13-15(2)12-16(3)14-19/h6-10,12-14,17H,1,11H2,2-5H3,(H,22,24)/t17-/m1/s1. The van der Waals surface area contributed by atoms with Gasteiger partial charge in [-0.3, -0.25) is 9.10 Å². The molecule has 7 heteroatoms. The van der Waals surface area contributed by atoms with Crippen molar-refractivity contribution in [3.05, 3.63) is 66.2 Å². The zero-order chi connectivity index (χ0) is 20.9. The molecule has 0 radical (unpaired) electrons. The van der Waals surface area contributed by atoms with Crippen molar-refractivity contribution in [2.75, 3.05) is 22.5 Å². The number of rotatable bonds is 8. The molecule has 6 nitrogen and oxygen atoms in total. The highest BCUT2D eigenvalue weighted by Crippen LogP contribution is 2.24. The number of benzene rings is 2. The highest BCUT2D eigenvalue weighted by Gasteiger charge is 2.29. The molecule has 0 spiro atoms. The summed E-state index contributed by atoms with van der Waals surface area (Å²) in [5.41, 5.74) is 2.87. The van der Waals surface area contributed by atoms with Gasteiger partial charge in [0.2, 0.25) is 15.9 Å². The second kappa shape index (κ2) is 8.93. The molecular formula is C21H26N2O4S. The Bertz CT molecular complexity index is 933. The van der Waals surface area contributed by atoms with Gasteiger partial charge in [-0.25, -0.2) is 8.42 Å². The molecular weight excluding hydrogens is 376 g/mol. The molecule has 0 aromatic heterocycles. The molecule has 0 aliphatic rings. The minimum absolute atomic E-state index is 0.391. The van der Waals surface area contributed by atoms with Crippen molar-refractivity contribution in [3.63, 3.8) is 0 Å². The summed E-state index contributed by atoms with van der Waals surface area (Å²) in [6.07, 6.45) is 2.74. The van der Waals surface area contributed by atoms with E-state index in [9.17, 15) is 13.2 Å². The van der Waals surface area contributed by atoms with E-state index in [2.05, 4.69) is 11.9 Å². The molecule has 0 bridgehead atoms. The first-order chi connectivity index (χ1) is 13.1. The van der Waals surface area contributed by atoms with Gasteiger partial charge in [0.1, 0.15) is 18.4 Å². The SMILES string of the molecule is C=CCOc1ccc(NC(=O)[C@@H](C)N(c2cc(C)cc(C)c2)S(C)(=O)=O)cc1. The molecule has 2 rings (SSSR count). The van der Waals surface area contributed by atoms with Crippen LogP contribution < -0.4 is 14.4 Å². The van der Waals surface area contributed by atoms with E-state index in [4.69, 9.17) is 4.74 Å². The molecule has 0 heterocycles. The molecule has 1 amide bonds. The summed E-state index contributed by atoms with van der Waals surface area (Å²) in [6, 6.07) is 11.4. The molecule has 150 valence electrons. The number of carbonyl (C=O) groups is 1. The molecule has 0 saturated carbocycles. The second-order valence-corrected chi connectivity index (χ2v) is 8.55. The van der Waals surface area contributed by atoms with Crippen LogP contribution in [-0.2, 0) is 14.8 Å². The molecule has 0 aliphatic heterocycles. The molecule has 2 aromatic rings. The fourth-order valence-electron chi connectivity index (χ4n) is 2.92. The summed E-state index contributed by atoms with van der Waals surface area (Å²) in [6.45, 7) is 9.32. The summed E-state index contributed by atoms with van der Waals surface area (Å²) < 4.78 is 31.4. The van der Waals surface area contributed by atoms with Crippen LogP contribution in [0, 0.1) is 13.8 Å². The third kappa shape index (κ3) is 5.60. The van der Waals surface area contributed by atoms with E-state index in [1.165, 1.54) is 0 Å². The van der Waals surface area contributed by atoms with Gasteiger partial charge in [-0.15, -0.1) is 0 Å².